The molecule has 0 radical (unpaired) electrons. The lowest BCUT2D eigenvalue weighted by Gasteiger charge is -2.16. The summed E-state index contributed by atoms with van der Waals surface area (Å²) in [6, 6.07) is 7.29. The fourth-order valence-electron chi connectivity index (χ4n) is 4.71. The second kappa shape index (κ2) is 19.3. The molecule has 232 valence electrons. The number of fused-ring (bicyclic) bond motifs is 1. The molecule has 2 saturated heterocycles. The first-order chi connectivity index (χ1) is 20.5. The van der Waals surface area contributed by atoms with Gasteiger partial charge in [0.25, 0.3) is 11.6 Å². The molecule has 1 unspecified atom stereocenters. The van der Waals surface area contributed by atoms with E-state index in [1.54, 1.807) is 31.2 Å². The summed E-state index contributed by atoms with van der Waals surface area (Å²) in [6.07, 6.45) is 4.83. The van der Waals surface area contributed by atoms with E-state index in [-0.39, 0.29) is 29.9 Å². The summed E-state index contributed by atoms with van der Waals surface area (Å²) in [5.41, 5.74) is 10.6. The van der Waals surface area contributed by atoms with Gasteiger partial charge in [-0.05, 0) is 49.9 Å². The van der Waals surface area contributed by atoms with Gasteiger partial charge in [0.15, 0.2) is 0 Å². The predicted molar refractivity (Wildman–Crippen MR) is 161 cm³/mol. The maximum absolute atomic E-state index is 12.2. The van der Waals surface area contributed by atoms with E-state index in [2.05, 4.69) is 26.1 Å². The minimum atomic E-state index is -0.158. The van der Waals surface area contributed by atoms with Crippen molar-refractivity contribution in [3.8, 4) is 0 Å². The monoisotopic (exact) mass is 604 g/mol. The molecule has 42 heavy (non-hydrogen) atoms. The summed E-state index contributed by atoms with van der Waals surface area (Å²) in [6.45, 7) is 5.80. The highest BCUT2D eigenvalue weighted by atomic mass is 32.2. The fourth-order valence-corrected chi connectivity index (χ4v) is 6.25. The van der Waals surface area contributed by atoms with E-state index < -0.39 is 0 Å². The first kappa shape index (κ1) is 33.5. The van der Waals surface area contributed by atoms with E-state index in [0.717, 1.165) is 37.0 Å². The molecule has 1 aromatic rings. The number of amides is 4. The van der Waals surface area contributed by atoms with Gasteiger partial charge in [0.05, 0.1) is 44.1 Å². The molecule has 13 heteroatoms. The van der Waals surface area contributed by atoms with Crippen LogP contribution >= 0.6 is 11.8 Å². The van der Waals surface area contributed by atoms with Crippen molar-refractivity contribution in [1.29, 1.82) is 0 Å². The van der Waals surface area contributed by atoms with Gasteiger partial charge in [-0.1, -0.05) is 6.42 Å². The van der Waals surface area contributed by atoms with Crippen molar-refractivity contribution >= 4 is 35.3 Å². The van der Waals surface area contributed by atoms with Crippen molar-refractivity contribution in [3.63, 3.8) is 0 Å². The minimum absolute atomic E-state index is 0.0595. The number of nitrogens with zero attached hydrogens (tertiary/aromatic N) is 2. The third-order valence-electron chi connectivity index (χ3n) is 7.08. The summed E-state index contributed by atoms with van der Waals surface area (Å²) in [5, 5.41) is 12.2. The molecule has 1 aromatic carbocycles. The van der Waals surface area contributed by atoms with Crippen LogP contribution in [0.15, 0.2) is 24.3 Å². The van der Waals surface area contributed by atoms with Crippen molar-refractivity contribution < 1.29 is 33.4 Å². The number of unbranched alkanes of at least 4 members (excludes halogenated alkanes) is 1. The van der Waals surface area contributed by atoms with E-state index in [0.29, 0.717) is 82.1 Å². The molecule has 12 nitrogen and oxygen atoms in total. The summed E-state index contributed by atoms with van der Waals surface area (Å²) in [5.74, 6) is 0.877. The zero-order valence-electron chi connectivity index (χ0n) is 24.4. The van der Waals surface area contributed by atoms with Crippen molar-refractivity contribution in [1.82, 2.24) is 21.3 Å². The molecule has 0 aromatic heterocycles. The summed E-state index contributed by atoms with van der Waals surface area (Å²) < 4.78 is 16.6. The Morgan fingerprint density at radius 3 is 2.19 bits per heavy atom. The average Bonchev–Trinajstić information content (AvgIpc) is 3.55. The highest BCUT2D eigenvalue weighted by Gasteiger charge is 2.42. The Bertz CT molecular complexity index is 1050. The zero-order valence-corrected chi connectivity index (χ0v) is 25.2. The van der Waals surface area contributed by atoms with Crippen LogP contribution < -0.4 is 21.3 Å². The summed E-state index contributed by atoms with van der Waals surface area (Å²) >= 11 is 1.90. The van der Waals surface area contributed by atoms with Crippen LogP contribution in [-0.4, -0.2) is 104 Å². The van der Waals surface area contributed by atoms with E-state index in [4.69, 9.17) is 19.7 Å². The lowest BCUT2D eigenvalue weighted by molar-refractivity contribution is -0.121. The minimum Gasteiger partial charge on any atom is -0.379 e. The first-order valence-electron chi connectivity index (χ1n) is 14.7. The number of carbonyl (C=O) groups is 3. The van der Waals surface area contributed by atoms with Crippen LogP contribution in [0.4, 0.5) is 4.79 Å². The fraction of sp³-hybridized carbons (Fsp3) is 0.655. The van der Waals surface area contributed by atoms with Crippen molar-refractivity contribution in [3.05, 3.63) is 40.9 Å². The summed E-state index contributed by atoms with van der Waals surface area (Å²) in [7, 11) is 0. The van der Waals surface area contributed by atoms with E-state index in [1.807, 2.05) is 11.8 Å². The van der Waals surface area contributed by atoms with Gasteiger partial charge in [0.2, 0.25) is 5.91 Å². The second-order valence-electron chi connectivity index (χ2n) is 10.3. The van der Waals surface area contributed by atoms with E-state index in [9.17, 15) is 14.4 Å². The number of urea groups is 1. The number of hydrogen-bond donors (Lipinski definition) is 4. The first-order valence-corrected chi connectivity index (χ1v) is 15.8. The Kier molecular flexibility index (Phi) is 15.4. The maximum atomic E-state index is 12.2. The molecule has 3 rings (SSSR count). The number of rotatable bonds is 21. The Morgan fingerprint density at radius 2 is 1.52 bits per heavy atom. The van der Waals surface area contributed by atoms with Crippen LogP contribution in [0.25, 0.3) is 5.53 Å². The van der Waals surface area contributed by atoms with E-state index in [1.165, 1.54) is 0 Å². The van der Waals surface area contributed by atoms with Crippen LogP contribution in [0.3, 0.4) is 0 Å². The van der Waals surface area contributed by atoms with Gasteiger partial charge in [0, 0.05) is 56.2 Å². The molecule has 2 heterocycles. The smallest absolute Gasteiger partial charge is 0.315 e. The quantitative estimate of drug-likeness (QED) is 0.0549. The molecular weight excluding hydrogens is 560 g/mol. The lowest BCUT2D eigenvalue weighted by atomic mass is 10.0. The van der Waals surface area contributed by atoms with Crippen LogP contribution in [0.5, 0.6) is 0 Å². The van der Waals surface area contributed by atoms with Gasteiger partial charge in [-0.25, -0.2) is 4.79 Å². The normalized spacial score (nSPS) is 19.0. The number of nitrogens with one attached hydrogen (secondary N) is 4. The molecule has 0 spiro atoms. The molecule has 2 fully saturated rings. The molecule has 0 saturated carbocycles. The largest absolute Gasteiger partial charge is 0.379 e. The highest BCUT2D eigenvalue weighted by molar-refractivity contribution is 8.00. The molecule has 4 amide bonds. The second-order valence-corrected chi connectivity index (χ2v) is 11.6. The summed E-state index contributed by atoms with van der Waals surface area (Å²) in [4.78, 5) is 38.8. The molecule has 0 aliphatic carbocycles. The maximum Gasteiger partial charge on any atom is 0.315 e. The third kappa shape index (κ3) is 12.1. The van der Waals surface area contributed by atoms with Gasteiger partial charge in [-0.3, -0.25) is 9.59 Å². The number of carbonyl (C=O) groups excluding carboxylic acids is 3. The van der Waals surface area contributed by atoms with Crippen LogP contribution in [0, 0.1) is 0 Å². The molecule has 3 atom stereocenters. The topological polar surface area (TPSA) is 163 Å². The van der Waals surface area contributed by atoms with E-state index >= 15 is 0 Å². The standard InChI is InChI=1S/C29H44N6O6S/c1-21(35-30)22-8-10-23(11-9-22)28(37)32-13-5-15-40-17-19-41-18-16-39-14-4-12-31-26(36)7-3-2-6-25-27-24(20-42-25)33-29(38)34-27/h8-11,24-25,27H,2-7,12-20H2,1H3,(H,31,36)(H,32,37)(H2,33,34,38)/t24-,25?,27-/m0/s1. The Labute approximate surface area is 252 Å². The van der Waals surface area contributed by atoms with Gasteiger partial charge in [-0.2, -0.15) is 16.6 Å². The van der Waals surface area contributed by atoms with Gasteiger partial charge in [-0.15, -0.1) is 0 Å². The molecule has 2 aliphatic heterocycles. The highest BCUT2D eigenvalue weighted by Crippen LogP contribution is 2.33. The van der Waals surface area contributed by atoms with Crippen LogP contribution in [-0.2, 0) is 19.0 Å². The Balaban J connectivity index is 1.03. The Hall–Kier alpha value is -2.96. The molecular formula is C29H44N6O6S. The lowest BCUT2D eigenvalue weighted by Crippen LogP contribution is -2.36. The van der Waals surface area contributed by atoms with Gasteiger partial charge >= 0.3 is 6.03 Å². The van der Waals surface area contributed by atoms with Crippen molar-refractivity contribution in [2.45, 2.75) is 62.8 Å². The predicted octanol–water partition coefficient (Wildman–Crippen LogP) is 2.13. The number of ether oxygens (including phenoxy) is 3. The van der Waals surface area contributed by atoms with Crippen molar-refractivity contribution in [2.75, 3.05) is 58.5 Å². The molecule has 2 aliphatic rings. The zero-order chi connectivity index (χ0) is 30.0. The van der Waals surface area contributed by atoms with Crippen LogP contribution in [0.1, 0.15) is 61.4 Å². The number of benzene rings is 1. The third-order valence-corrected chi connectivity index (χ3v) is 8.59. The SMILES string of the molecule is CC(=[N+]=[N-])c1ccc(C(=O)NCCCOCCOCCOCCCNC(=O)CCCCC2SC[C@@H]3NC(=O)N[C@H]23)cc1. The number of hydrogen-bond acceptors (Lipinski definition) is 7. The van der Waals surface area contributed by atoms with Gasteiger partial charge in [0.1, 0.15) is 0 Å². The van der Waals surface area contributed by atoms with Gasteiger partial charge < -0.3 is 41.0 Å². The molecule has 0 bridgehead atoms. The average molecular weight is 605 g/mol. The van der Waals surface area contributed by atoms with Crippen LogP contribution in [0.2, 0.25) is 0 Å². The van der Waals surface area contributed by atoms with Crippen molar-refractivity contribution in [2.24, 2.45) is 0 Å². The molecule has 4 N–H and O–H groups in total. The number of thioether (sulfide) groups is 1. The Morgan fingerprint density at radius 1 is 0.905 bits per heavy atom.